The summed E-state index contributed by atoms with van der Waals surface area (Å²) < 4.78 is 5.32. The van der Waals surface area contributed by atoms with Crippen LogP contribution in [0.4, 0.5) is 5.69 Å². The highest BCUT2D eigenvalue weighted by Gasteiger charge is 2.39. The van der Waals surface area contributed by atoms with Gasteiger partial charge in [0.1, 0.15) is 13.1 Å². The highest BCUT2D eigenvalue weighted by atomic mass is 35.5. The second-order valence-electron chi connectivity index (χ2n) is 6.06. The zero-order valence-electron chi connectivity index (χ0n) is 14.1. The molecule has 1 aromatic carbocycles. The molecule has 3 rings (SSSR count). The molecule has 26 heavy (non-hydrogen) atoms. The van der Waals surface area contributed by atoms with Crippen LogP contribution in [0.1, 0.15) is 0 Å². The second kappa shape index (κ2) is 8.68. The van der Waals surface area contributed by atoms with E-state index in [1.807, 2.05) is 0 Å². The van der Waals surface area contributed by atoms with E-state index in [4.69, 9.17) is 28.6 Å². The number of morpholine rings is 1. The molecular weight excluding hydrogens is 376 g/mol. The summed E-state index contributed by atoms with van der Waals surface area (Å²) in [7, 11) is 0. The fraction of sp³-hybridized carbons (Fsp3) is 0.412. The maximum absolute atomic E-state index is 12.8. The van der Waals surface area contributed by atoms with Gasteiger partial charge >= 0.3 is 0 Å². The molecule has 0 aliphatic carbocycles. The summed E-state index contributed by atoms with van der Waals surface area (Å²) in [5.74, 6) is -1.93. The fourth-order valence-electron chi connectivity index (χ4n) is 2.90. The van der Waals surface area contributed by atoms with Crippen molar-refractivity contribution in [3.8, 4) is 0 Å². The van der Waals surface area contributed by atoms with Gasteiger partial charge in [0.05, 0.1) is 37.0 Å². The first kappa shape index (κ1) is 18.9. The fourth-order valence-corrected chi connectivity index (χ4v) is 3.40. The quantitative estimate of drug-likeness (QED) is 0.407. The maximum Gasteiger partial charge on any atom is 0.251 e. The SMILES string of the molecule is O=C1NC(=S)N(c2ccccc2Cl)C(=O)[C@@H]1C=NCC[NH+]1CCOCC1. The number of carbonyl (C=O) groups is 2. The molecule has 2 amide bonds. The second-order valence-corrected chi connectivity index (χ2v) is 6.86. The number of anilines is 1. The smallest absolute Gasteiger partial charge is 0.251 e. The molecule has 1 aromatic rings. The topological polar surface area (TPSA) is 75.4 Å². The number of hydrogen-bond acceptors (Lipinski definition) is 5. The number of thiocarbonyl (C=S) groups is 1. The van der Waals surface area contributed by atoms with Crippen molar-refractivity contribution in [2.24, 2.45) is 10.9 Å². The Bertz CT molecular complexity index is 736. The van der Waals surface area contributed by atoms with Crippen molar-refractivity contribution < 1.29 is 19.2 Å². The van der Waals surface area contributed by atoms with E-state index in [9.17, 15) is 9.59 Å². The first-order valence-corrected chi connectivity index (χ1v) is 9.21. The Morgan fingerprint density at radius 2 is 2.08 bits per heavy atom. The Morgan fingerprint density at radius 3 is 2.81 bits per heavy atom. The minimum Gasteiger partial charge on any atom is -0.370 e. The van der Waals surface area contributed by atoms with E-state index in [-0.39, 0.29) is 5.11 Å². The highest BCUT2D eigenvalue weighted by molar-refractivity contribution is 7.80. The molecule has 0 aromatic heterocycles. The lowest BCUT2D eigenvalue weighted by atomic mass is 10.1. The largest absolute Gasteiger partial charge is 0.370 e. The van der Waals surface area contributed by atoms with Crippen molar-refractivity contribution in [1.82, 2.24) is 5.32 Å². The number of para-hydroxylation sites is 1. The lowest BCUT2D eigenvalue weighted by Crippen LogP contribution is -3.14. The monoisotopic (exact) mass is 395 g/mol. The van der Waals surface area contributed by atoms with E-state index >= 15 is 0 Å². The Balaban J connectivity index is 1.67. The van der Waals surface area contributed by atoms with Gasteiger partial charge in [0.2, 0.25) is 5.91 Å². The van der Waals surface area contributed by atoms with Crippen molar-refractivity contribution >= 4 is 52.6 Å². The number of benzene rings is 1. The summed E-state index contributed by atoms with van der Waals surface area (Å²) in [5.41, 5.74) is 0.445. The average Bonchev–Trinajstić information content (AvgIpc) is 2.63. The molecule has 7 nitrogen and oxygen atoms in total. The van der Waals surface area contributed by atoms with Crippen LogP contribution in [0.5, 0.6) is 0 Å². The van der Waals surface area contributed by atoms with Gasteiger partial charge in [-0.05, 0) is 24.4 Å². The molecule has 9 heteroatoms. The number of quaternary nitrogens is 1. The van der Waals surface area contributed by atoms with Gasteiger partial charge in [-0.15, -0.1) is 0 Å². The Labute approximate surface area is 161 Å². The molecule has 2 heterocycles. The van der Waals surface area contributed by atoms with Gasteiger partial charge in [0.25, 0.3) is 5.91 Å². The van der Waals surface area contributed by atoms with Gasteiger partial charge in [-0.3, -0.25) is 19.5 Å². The lowest BCUT2D eigenvalue weighted by molar-refractivity contribution is -0.906. The van der Waals surface area contributed by atoms with Gasteiger partial charge in [0.15, 0.2) is 11.0 Å². The molecule has 2 fully saturated rings. The number of ether oxygens (including phenoxy) is 1. The number of carbonyl (C=O) groups excluding carboxylic acids is 2. The van der Waals surface area contributed by atoms with Crippen LogP contribution in [0.25, 0.3) is 0 Å². The molecule has 2 aliphatic rings. The van der Waals surface area contributed by atoms with Crippen LogP contribution in [0.2, 0.25) is 5.02 Å². The molecule has 0 saturated carbocycles. The van der Waals surface area contributed by atoms with Gasteiger partial charge in [-0.2, -0.15) is 0 Å². The number of amides is 2. The Kier molecular flexibility index (Phi) is 6.31. The number of hydrogen-bond donors (Lipinski definition) is 2. The van der Waals surface area contributed by atoms with Gasteiger partial charge < -0.3 is 15.0 Å². The molecule has 2 saturated heterocycles. The molecule has 138 valence electrons. The minimum absolute atomic E-state index is 0.0236. The van der Waals surface area contributed by atoms with Crippen molar-refractivity contribution in [3.63, 3.8) is 0 Å². The first-order chi connectivity index (χ1) is 12.6. The van der Waals surface area contributed by atoms with Crippen LogP contribution in [-0.2, 0) is 14.3 Å². The van der Waals surface area contributed by atoms with Crippen LogP contribution in [0.15, 0.2) is 29.3 Å². The van der Waals surface area contributed by atoms with E-state index < -0.39 is 17.7 Å². The number of halogens is 1. The molecule has 0 bridgehead atoms. The summed E-state index contributed by atoms with van der Waals surface area (Å²) in [6, 6.07) is 6.86. The van der Waals surface area contributed by atoms with Crippen molar-refractivity contribution in [1.29, 1.82) is 0 Å². The molecule has 0 spiro atoms. The van der Waals surface area contributed by atoms with E-state index in [0.717, 1.165) is 32.8 Å². The zero-order valence-corrected chi connectivity index (χ0v) is 15.7. The third-order valence-electron chi connectivity index (χ3n) is 4.34. The third kappa shape index (κ3) is 4.27. The third-order valence-corrected chi connectivity index (χ3v) is 4.95. The predicted octanol–water partition coefficient (Wildman–Crippen LogP) is -0.310. The number of nitrogens with one attached hydrogen (secondary N) is 2. The van der Waals surface area contributed by atoms with Crippen LogP contribution >= 0.6 is 23.8 Å². The van der Waals surface area contributed by atoms with E-state index in [2.05, 4.69) is 10.3 Å². The van der Waals surface area contributed by atoms with Crippen molar-refractivity contribution in [2.75, 3.05) is 44.3 Å². The average molecular weight is 396 g/mol. The highest BCUT2D eigenvalue weighted by Crippen LogP contribution is 2.28. The summed E-state index contributed by atoms with van der Waals surface area (Å²) in [4.78, 5) is 31.9. The van der Waals surface area contributed by atoms with Crippen LogP contribution in [0.3, 0.4) is 0 Å². The maximum atomic E-state index is 12.8. The lowest BCUT2D eigenvalue weighted by Gasteiger charge is -2.31. The van der Waals surface area contributed by atoms with E-state index in [1.165, 1.54) is 16.0 Å². The molecule has 0 radical (unpaired) electrons. The summed E-state index contributed by atoms with van der Waals surface area (Å²) in [5, 5.41) is 2.96. The van der Waals surface area contributed by atoms with Crippen molar-refractivity contribution in [2.45, 2.75) is 0 Å². The Morgan fingerprint density at radius 1 is 1.35 bits per heavy atom. The number of rotatable bonds is 5. The molecule has 2 N–H and O–H groups in total. The van der Waals surface area contributed by atoms with Gasteiger partial charge in [-0.25, -0.2) is 0 Å². The Hall–Kier alpha value is -1.87. The normalized spacial score (nSPS) is 22.1. The number of nitrogens with zero attached hydrogens (tertiary/aromatic N) is 2. The van der Waals surface area contributed by atoms with Crippen LogP contribution in [0, 0.1) is 5.92 Å². The zero-order chi connectivity index (χ0) is 18.5. The number of aliphatic imine (C=N–C) groups is 1. The predicted molar refractivity (Wildman–Crippen MR) is 103 cm³/mol. The molecular formula is C17H20ClN4O3S+. The van der Waals surface area contributed by atoms with E-state index in [0.29, 0.717) is 17.3 Å². The first-order valence-electron chi connectivity index (χ1n) is 8.42. The minimum atomic E-state index is -1.02. The van der Waals surface area contributed by atoms with Crippen molar-refractivity contribution in [3.05, 3.63) is 29.3 Å². The molecule has 2 aliphatic heterocycles. The molecule has 1 atom stereocenters. The van der Waals surface area contributed by atoms with Crippen LogP contribution < -0.4 is 15.1 Å². The molecule has 0 unspecified atom stereocenters. The summed E-state index contributed by atoms with van der Waals surface area (Å²) in [6.45, 7) is 4.80. The van der Waals surface area contributed by atoms with Crippen LogP contribution in [-0.4, -0.2) is 62.5 Å². The summed E-state index contributed by atoms with van der Waals surface area (Å²) in [6.07, 6.45) is 1.41. The van der Waals surface area contributed by atoms with Gasteiger partial charge in [0, 0.05) is 6.21 Å². The summed E-state index contributed by atoms with van der Waals surface area (Å²) >= 11 is 11.3. The van der Waals surface area contributed by atoms with E-state index in [1.54, 1.807) is 24.3 Å². The van der Waals surface area contributed by atoms with Gasteiger partial charge in [-0.1, -0.05) is 23.7 Å². The standard InChI is InChI=1S/C17H19ClN4O3S/c18-13-3-1-2-4-14(13)22-16(24)12(15(23)20-17(22)26)11-19-5-6-21-7-9-25-10-8-21/h1-4,11-12H,5-10H2,(H,20,23,26)/p+1/t12-/m1/s1.